The molecule has 2 heterocycles. The molecule has 0 aliphatic heterocycles. The van der Waals surface area contributed by atoms with Crippen LogP contribution in [-0.2, 0) is 4.84 Å². The van der Waals surface area contributed by atoms with Crippen molar-refractivity contribution in [3.05, 3.63) is 58.8 Å². The molecule has 3 rings (SSSR count). The molecule has 3 aromatic rings. The lowest BCUT2D eigenvalue weighted by atomic mass is 10.1. The summed E-state index contributed by atoms with van der Waals surface area (Å²) >= 11 is 3.47. The van der Waals surface area contributed by atoms with Crippen LogP contribution in [0.3, 0.4) is 0 Å². The van der Waals surface area contributed by atoms with Crippen LogP contribution in [0.5, 0.6) is 0 Å². The van der Waals surface area contributed by atoms with E-state index in [0.29, 0.717) is 0 Å². The van der Waals surface area contributed by atoms with E-state index in [2.05, 4.69) is 32.0 Å². The number of terminal acetylenes is 1. The molecule has 0 radical (unpaired) electrons. The van der Waals surface area contributed by atoms with Gasteiger partial charge < -0.3 is 4.84 Å². The van der Waals surface area contributed by atoms with Crippen molar-refractivity contribution in [2.75, 3.05) is 6.61 Å². The highest BCUT2D eigenvalue weighted by Crippen LogP contribution is 2.24. The van der Waals surface area contributed by atoms with Crippen molar-refractivity contribution < 1.29 is 4.84 Å². The van der Waals surface area contributed by atoms with Crippen molar-refractivity contribution >= 4 is 27.8 Å². The molecule has 0 spiro atoms. The molecule has 0 atom stereocenters. The molecule has 0 fully saturated rings. The van der Waals surface area contributed by atoms with Gasteiger partial charge in [-0.1, -0.05) is 41.4 Å². The minimum atomic E-state index is 0.137. The first-order chi connectivity index (χ1) is 10.8. The van der Waals surface area contributed by atoms with Crippen molar-refractivity contribution in [3.63, 3.8) is 0 Å². The third-order valence-electron chi connectivity index (χ3n) is 3.06. The monoisotopic (exact) mass is 353 g/mol. The largest absolute Gasteiger partial charge is 0.383 e. The Bertz CT molecular complexity index is 863. The minimum Gasteiger partial charge on any atom is -0.383 e. The molecule has 0 N–H and O–H groups in total. The van der Waals surface area contributed by atoms with Crippen LogP contribution in [0, 0.1) is 12.3 Å². The molecule has 0 unspecified atom stereocenters. The standard InChI is InChI=1S/C17H12BrN3O/c1-2-10-22-19-11-15-17(13-6-4-3-5-7-13)20-16-9-8-14(18)12-21(15)16/h1,3-9,11-12H,10H2/b19-11+. The Hall–Kier alpha value is -2.58. The van der Waals surface area contributed by atoms with Gasteiger partial charge in [0.15, 0.2) is 6.61 Å². The van der Waals surface area contributed by atoms with E-state index in [1.54, 1.807) is 6.21 Å². The van der Waals surface area contributed by atoms with Crippen LogP contribution in [0.4, 0.5) is 0 Å². The summed E-state index contributed by atoms with van der Waals surface area (Å²) in [6, 6.07) is 13.8. The number of aromatic nitrogens is 2. The highest BCUT2D eigenvalue weighted by atomic mass is 79.9. The van der Waals surface area contributed by atoms with Crippen LogP contribution in [0.15, 0.2) is 58.3 Å². The summed E-state index contributed by atoms with van der Waals surface area (Å²) < 4.78 is 2.91. The van der Waals surface area contributed by atoms with Crippen LogP contribution in [0.25, 0.3) is 16.9 Å². The maximum atomic E-state index is 5.15. The van der Waals surface area contributed by atoms with Crippen molar-refractivity contribution in [1.82, 2.24) is 9.38 Å². The summed E-state index contributed by atoms with van der Waals surface area (Å²) in [5.74, 6) is 2.37. The second kappa shape index (κ2) is 6.46. The predicted octanol–water partition coefficient (Wildman–Crippen LogP) is 3.75. The van der Waals surface area contributed by atoms with Crippen molar-refractivity contribution in [1.29, 1.82) is 0 Å². The second-order valence-electron chi connectivity index (χ2n) is 4.50. The van der Waals surface area contributed by atoms with Gasteiger partial charge in [-0.05, 0) is 28.1 Å². The molecule has 0 saturated heterocycles. The Morgan fingerprint density at radius 3 is 2.86 bits per heavy atom. The van der Waals surface area contributed by atoms with E-state index < -0.39 is 0 Å². The molecule has 2 aromatic heterocycles. The van der Waals surface area contributed by atoms with Gasteiger partial charge in [0, 0.05) is 16.2 Å². The molecule has 22 heavy (non-hydrogen) atoms. The second-order valence-corrected chi connectivity index (χ2v) is 5.41. The van der Waals surface area contributed by atoms with Gasteiger partial charge in [0.1, 0.15) is 5.65 Å². The van der Waals surface area contributed by atoms with Crippen molar-refractivity contribution in [2.24, 2.45) is 5.16 Å². The Balaban J connectivity index is 2.14. The summed E-state index contributed by atoms with van der Waals surface area (Å²) in [6.45, 7) is 0.137. The zero-order valence-corrected chi connectivity index (χ0v) is 13.2. The fourth-order valence-electron chi connectivity index (χ4n) is 2.13. The number of fused-ring (bicyclic) bond motifs is 1. The van der Waals surface area contributed by atoms with Gasteiger partial charge in [0.25, 0.3) is 0 Å². The van der Waals surface area contributed by atoms with E-state index >= 15 is 0 Å². The number of pyridine rings is 1. The first kappa shape index (κ1) is 14.4. The molecule has 4 nitrogen and oxygen atoms in total. The Morgan fingerprint density at radius 1 is 1.27 bits per heavy atom. The van der Waals surface area contributed by atoms with Crippen LogP contribution >= 0.6 is 15.9 Å². The molecule has 108 valence electrons. The molecule has 5 heteroatoms. The van der Waals surface area contributed by atoms with Gasteiger partial charge in [-0.15, -0.1) is 6.42 Å². The summed E-state index contributed by atoms with van der Waals surface area (Å²) in [4.78, 5) is 9.68. The lowest BCUT2D eigenvalue weighted by molar-refractivity contribution is 0.181. The molecular formula is C17H12BrN3O. The number of nitrogens with zero attached hydrogens (tertiary/aromatic N) is 3. The first-order valence-corrected chi connectivity index (χ1v) is 7.41. The van der Waals surface area contributed by atoms with Gasteiger partial charge >= 0.3 is 0 Å². The first-order valence-electron chi connectivity index (χ1n) is 6.61. The summed E-state index contributed by atoms with van der Waals surface area (Å²) in [6.07, 6.45) is 8.72. The zero-order valence-electron chi connectivity index (χ0n) is 11.6. The molecule has 0 amide bonds. The van der Waals surface area contributed by atoms with E-state index in [1.165, 1.54) is 0 Å². The summed E-state index contributed by atoms with van der Waals surface area (Å²) in [7, 11) is 0. The van der Waals surface area contributed by atoms with Crippen molar-refractivity contribution in [3.8, 4) is 23.6 Å². The summed E-state index contributed by atoms with van der Waals surface area (Å²) in [5, 5.41) is 3.93. The normalized spacial score (nSPS) is 10.9. The Labute approximate surface area is 136 Å². The van der Waals surface area contributed by atoms with Crippen LogP contribution < -0.4 is 0 Å². The SMILES string of the molecule is C#CCO/N=C/c1c(-c2ccccc2)nc2ccc(Br)cn12. The highest BCUT2D eigenvalue weighted by molar-refractivity contribution is 9.10. The molecule has 0 aliphatic carbocycles. The van der Waals surface area contributed by atoms with E-state index in [4.69, 9.17) is 11.3 Å². The Morgan fingerprint density at radius 2 is 2.09 bits per heavy atom. The number of oxime groups is 1. The van der Waals surface area contributed by atoms with Gasteiger partial charge in [-0.25, -0.2) is 4.98 Å². The van der Waals surface area contributed by atoms with Crippen LogP contribution in [0.1, 0.15) is 5.69 Å². The van der Waals surface area contributed by atoms with Crippen molar-refractivity contribution in [2.45, 2.75) is 0 Å². The smallest absolute Gasteiger partial charge is 0.177 e. The van der Waals surface area contributed by atoms with Crippen LogP contribution in [-0.4, -0.2) is 22.2 Å². The molecule has 0 bridgehead atoms. The molecule has 0 aliphatic rings. The van der Waals surface area contributed by atoms with Gasteiger partial charge in [0.2, 0.25) is 0 Å². The Kier molecular flexibility index (Phi) is 4.22. The third-order valence-corrected chi connectivity index (χ3v) is 3.53. The third kappa shape index (κ3) is 2.87. The number of halogens is 1. The van der Waals surface area contributed by atoms with Gasteiger partial charge in [-0.2, -0.15) is 0 Å². The minimum absolute atomic E-state index is 0.137. The van der Waals surface area contributed by atoms with E-state index in [9.17, 15) is 0 Å². The summed E-state index contributed by atoms with van der Waals surface area (Å²) in [5.41, 5.74) is 3.52. The zero-order chi connectivity index (χ0) is 15.4. The van der Waals surface area contributed by atoms with E-state index in [-0.39, 0.29) is 6.61 Å². The van der Waals surface area contributed by atoms with E-state index in [0.717, 1.165) is 27.1 Å². The lowest BCUT2D eigenvalue weighted by Crippen LogP contribution is -1.94. The average Bonchev–Trinajstić information content (AvgIpc) is 2.90. The number of hydrogen-bond donors (Lipinski definition) is 0. The quantitative estimate of drug-likeness (QED) is 0.310. The molecule has 0 saturated carbocycles. The maximum absolute atomic E-state index is 5.15. The molecule has 1 aromatic carbocycles. The predicted molar refractivity (Wildman–Crippen MR) is 90.7 cm³/mol. The van der Waals surface area contributed by atoms with Gasteiger partial charge in [0.05, 0.1) is 17.6 Å². The highest BCUT2D eigenvalue weighted by Gasteiger charge is 2.12. The van der Waals surface area contributed by atoms with Gasteiger partial charge in [-0.3, -0.25) is 4.40 Å². The molecular weight excluding hydrogens is 342 g/mol. The maximum Gasteiger partial charge on any atom is 0.177 e. The number of rotatable bonds is 4. The fourth-order valence-corrected chi connectivity index (χ4v) is 2.47. The topological polar surface area (TPSA) is 38.9 Å². The number of imidazole rings is 1. The lowest BCUT2D eigenvalue weighted by Gasteiger charge is -2.00. The number of benzene rings is 1. The van der Waals surface area contributed by atoms with E-state index in [1.807, 2.05) is 53.1 Å². The number of hydrogen-bond acceptors (Lipinski definition) is 3. The fraction of sp³-hybridized carbons (Fsp3) is 0.0588. The van der Waals surface area contributed by atoms with Crippen LogP contribution in [0.2, 0.25) is 0 Å². The average molecular weight is 354 g/mol.